The number of carbonyl (C=O) groups is 2. The molecule has 2 heterocycles. The highest BCUT2D eigenvalue weighted by atomic mass is 32.1. The van der Waals surface area contributed by atoms with Gasteiger partial charge >= 0.3 is 0 Å². The number of benzene rings is 1. The van der Waals surface area contributed by atoms with Crippen molar-refractivity contribution >= 4 is 45.3 Å². The third kappa shape index (κ3) is 4.09. The van der Waals surface area contributed by atoms with Crippen LogP contribution in [0.5, 0.6) is 0 Å². The Bertz CT molecular complexity index is 962. The molecule has 5 nitrogen and oxygen atoms in total. The topological polar surface area (TPSA) is 71.1 Å². The van der Waals surface area contributed by atoms with Crippen molar-refractivity contribution < 1.29 is 9.59 Å². The molecule has 1 aliphatic carbocycles. The number of nitrogens with zero attached hydrogens (tertiary/aromatic N) is 1. The van der Waals surface area contributed by atoms with E-state index in [1.807, 2.05) is 6.07 Å². The van der Waals surface area contributed by atoms with Gasteiger partial charge in [0.2, 0.25) is 0 Å². The van der Waals surface area contributed by atoms with Crippen molar-refractivity contribution in [3.8, 4) is 0 Å². The summed E-state index contributed by atoms with van der Waals surface area (Å²) in [6.45, 7) is 2.26. The number of fused-ring (bicyclic) bond motifs is 1. The molecule has 0 saturated heterocycles. The van der Waals surface area contributed by atoms with E-state index in [4.69, 9.17) is 0 Å². The van der Waals surface area contributed by atoms with Crippen molar-refractivity contribution in [1.82, 2.24) is 4.98 Å². The molecule has 0 radical (unpaired) electrons. The zero-order valence-electron chi connectivity index (χ0n) is 14.8. The van der Waals surface area contributed by atoms with Crippen LogP contribution in [-0.2, 0) is 12.8 Å². The van der Waals surface area contributed by atoms with Crippen LogP contribution in [0, 0.1) is 5.92 Å². The van der Waals surface area contributed by atoms with Gasteiger partial charge in [-0.15, -0.1) is 22.7 Å². The maximum Gasteiger partial charge on any atom is 0.265 e. The molecule has 7 heteroatoms. The fraction of sp³-hybridized carbons (Fsp3) is 0.250. The minimum absolute atomic E-state index is 0.0953. The molecule has 1 unspecified atom stereocenters. The molecule has 2 N–H and O–H groups in total. The molecule has 1 aromatic carbocycles. The Kier molecular flexibility index (Phi) is 5.05. The summed E-state index contributed by atoms with van der Waals surface area (Å²) >= 11 is 2.96. The van der Waals surface area contributed by atoms with Gasteiger partial charge in [-0.1, -0.05) is 6.92 Å². The van der Waals surface area contributed by atoms with Crippen LogP contribution in [0.4, 0.5) is 10.8 Å². The first-order valence-corrected chi connectivity index (χ1v) is 10.5. The van der Waals surface area contributed by atoms with Crippen molar-refractivity contribution in [1.29, 1.82) is 0 Å². The molecule has 138 valence electrons. The molecule has 4 rings (SSSR count). The second kappa shape index (κ2) is 7.62. The maximum absolute atomic E-state index is 12.6. The predicted molar refractivity (Wildman–Crippen MR) is 110 cm³/mol. The molecule has 0 aliphatic heterocycles. The molecular weight excluding hydrogens is 378 g/mol. The number of aryl methyl sites for hydroxylation is 1. The number of nitrogens with one attached hydrogen (secondary N) is 2. The van der Waals surface area contributed by atoms with E-state index in [1.54, 1.807) is 47.2 Å². The molecule has 2 aromatic heterocycles. The average molecular weight is 398 g/mol. The van der Waals surface area contributed by atoms with Crippen molar-refractivity contribution in [2.45, 2.75) is 26.2 Å². The fourth-order valence-electron chi connectivity index (χ4n) is 3.17. The quantitative estimate of drug-likeness (QED) is 0.662. The summed E-state index contributed by atoms with van der Waals surface area (Å²) in [5, 5.41) is 8.02. The number of aromatic nitrogens is 1. The fourth-order valence-corrected chi connectivity index (χ4v) is 4.80. The van der Waals surface area contributed by atoms with Crippen LogP contribution in [0.2, 0.25) is 0 Å². The zero-order valence-corrected chi connectivity index (χ0v) is 16.5. The van der Waals surface area contributed by atoms with E-state index in [-0.39, 0.29) is 11.8 Å². The van der Waals surface area contributed by atoms with Crippen LogP contribution < -0.4 is 10.6 Å². The standard InChI is InChI=1S/C20H19N3O2S2/c1-12-2-7-16-14(10-12)11-17(27-16)19(25)22-15-5-3-13(4-6-15)18(24)23-20-21-8-9-26-20/h3-6,8-9,11-12H,2,7,10H2,1H3,(H,22,25)(H,21,23,24). The summed E-state index contributed by atoms with van der Waals surface area (Å²) in [4.78, 5) is 30.9. The van der Waals surface area contributed by atoms with Gasteiger partial charge in [-0.3, -0.25) is 14.9 Å². The summed E-state index contributed by atoms with van der Waals surface area (Å²) in [5.74, 6) is 0.371. The molecule has 1 aliphatic rings. The van der Waals surface area contributed by atoms with Crippen LogP contribution in [-0.4, -0.2) is 16.8 Å². The lowest BCUT2D eigenvalue weighted by Gasteiger charge is -2.16. The first kappa shape index (κ1) is 17.9. The summed E-state index contributed by atoms with van der Waals surface area (Å²) < 4.78 is 0. The van der Waals surface area contributed by atoms with Crippen LogP contribution in [0.1, 0.15) is 43.8 Å². The number of carbonyl (C=O) groups excluding carboxylic acids is 2. The largest absolute Gasteiger partial charge is 0.321 e. The van der Waals surface area contributed by atoms with Gasteiger partial charge in [-0.05, 0) is 61.1 Å². The number of anilines is 2. The first-order chi connectivity index (χ1) is 13.1. The first-order valence-electron chi connectivity index (χ1n) is 8.82. The third-order valence-electron chi connectivity index (χ3n) is 4.61. The van der Waals surface area contributed by atoms with Gasteiger partial charge in [-0.25, -0.2) is 4.98 Å². The third-order valence-corrected chi connectivity index (χ3v) is 6.54. The summed E-state index contributed by atoms with van der Waals surface area (Å²) in [6, 6.07) is 8.90. The number of rotatable bonds is 4. The molecule has 1 atom stereocenters. The maximum atomic E-state index is 12.6. The van der Waals surface area contributed by atoms with Crippen molar-refractivity contribution in [2.75, 3.05) is 10.6 Å². The molecule has 3 aromatic rings. The lowest BCUT2D eigenvalue weighted by Crippen LogP contribution is -2.13. The average Bonchev–Trinajstić information content (AvgIpc) is 3.31. The molecular formula is C20H19N3O2S2. The summed E-state index contributed by atoms with van der Waals surface area (Å²) in [5.41, 5.74) is 2.51. The molecule has 27 heavy (non-hydrogen) atoms. The lowest BCUT2D eigenvalue weighted by molar-refractivity contribution is 0.102. The summed E-state index contributed by atoms with van der Waals surface area (Å²) in [7, 11) is 0. The Balaban J connectivity index is 1.41. The monoisotopic (exact) mass is 397 g/mol. The Morgan fingerprint density at radius 2 is 1.96 bits per heavy atom. The van der Waals surface area contributed by atoms with E-state index in [1.165, 1.54) is 28.2 Å². The molecule has 0 bridgehead atoms. The number of thiophene rings is 1. The van der Waals surface area contributed by atoms with E-state index >= 15 is 0 Å². The van der Waals surface area contributed by atoms with E-state index in [0.717, 1.165) is 17.7 Å². The Labute approximate surface area is 165 Å². The Hall–Kier alpha value is -2.51. The molecule has 0 saturated carbocycles. The van der Waals surface area contributed by atoms with Gasteiger partial charge < -0.3 is 5.32 Å². The highest BCUT2D eigenvalue weighted by molar-refractivity contribution is 7.14. The van der Waals surface area contributed by atoms with Crippen LogP contribution in [0.3, 0.4) is 0 Å². The minimum atomic E-state index is -0.220. The van der Waals surface area contributed by atoms with Crippen molar-refractivity contribution in [3.63, 3.8) is 0 Å². The number of thiazole rings is 1. The Morgan fingerprint density at radius 3 is 2.70 bits per heavy atom. The van der Waals surface area contributed by atoms with Crippen molar-refractivity contribution in [3.05, 3.63) is 62.8 Å². The summed E-state index contributed by atoms with van der Waals surface area (Å²) in [6.07, 6.45) is 4.96. The van der Waals surface area contributed by atoms with Gasteiger partial charge in [0.05, 0.1) is 4.88 Å². The minimum Gasteiger partial charge on any atom is -0.321 e. The second-order valence-corrected chi connectivity index (χ2v) is 8.76. The van der Waals surface area contributed by atoms with Gasteiger partial charge in [0.25, 0.3) is 11.8 Å². The molecule has 2 amide bonds. The van der Waals surface area contributed by atoms with Gasteiger partial charge in [-0.2, -0.15) is 0 Å². The van der Waals surface area contributed by atoms with Gasteiger partial charge in [0.15, 0.2) is 5.13 Å². The van der Waals surface area contributed by atoms with Crippen molar-refractivity contribution in [2.24, 2.45) is 5.92 Å². The number of amides is 2. The van der Waals surface area contributed by atoms with E-state index in [9.17, 15) is 9.59 Å². The molecule has 0 fully saturated rings. The number of hydrogen-bond donors (Lipinski definition) is 2. The highest BCUT2D eigenvalue weighted by Gasteiger charge is 2.20. The Morgan fingerprint density at radius 1 is 1.15 bits per heavy atom. The number of hydrogen-bond acceptors (Lipinski definition) is 5. The SMILES string of the molecule is CC1CCc2sc(C(=O)Nc3ccc(C(=O)Nc4nccs4)cc3)cc2C1. The van der Waals surface area contributed by atoms with Gasteiger partial charge in [0, 0.05) is 27.7 Å². The van der Waals surface area contributed by atoms with Crippen LogP contribution >= 0.6 is 22.7 Å². The second-order valence-electron chi connectivity index (χ2n) is 6.73. The van der Waals surface area contributed by atoms with E-state index < -0.39 is 0 Å². The smallest absolute Gasteiger partial charge is 0.265 e. The van der Waals surface area contributed by atoms with E-state index in [0.29, 0.717) is 22.3 Å². The zero-order chi connectivity index (χ0) is 18.8. The normalized spacial score (nSPS) is 15.8. The highest BCUT2D eigenvalue weighted by Crippen LogP contribution is 2.32. The van der Waals surface area contributed by atoms with Gasteiger partial charge in [0.1, 0.15) is 0 Å². The van der Waals surface area contributed by atoms with Crippen LogP contribution in [0.25, 0.3) is 0 Å². The lowest BCUT2D eigenvalue weighted by atomic mass is 9.90. The van der Waals surface area contributed by atoms with E-state index in [2.05, 4.69) is 22.5 Å². The predicted octanol–water partition coefficient (Wildman–Crippen LogP) is 4.83. The molecule has 0 spiro atoms. The van der Waals surface area contributed by atoms with Crippen LogP contribution in [0.15, 0.2) is 41.9 Å².